The van der Waals surface area contributed by atoms with Gasteiger partial charge < -0.3 is 15.5 Å². The van der Waals surface area contributed by atoms with Crippen LogP contribution < -0.4 is 5.32 Å². The first-order valence-corrected chi connectivity index (χ1v) is 8.41. The Morgan fingerprint density at radius 1 is 0.852 bits per heavy atom. The SMILES string of the molecule is O=C(O)CCC(=O)NC(CC(=O)O)Cc1ccc(-c2ccc(F)cc2)cc1. The van der Waals surface area contributed by atoms with Gasteiger partial charge in [-0.1, -0.05) is 36.4 Å². The van der Waals surface area contributed by atoms with Gasteiger partial charge in [-0.25, -0.2) is 4.39 Å². The average molecular weight is 373 g/mol. The molecule has 0 radical (unpaired) electrons. The van der Waals surface area contributed by atoms with Crippen molar-refractivity contribution in [2.75, 3.05) is 0 Å². The molecule has 6 nitrogen and oxygen atoms in total. The van der Waals surface area contributed by atoms with Crippen molar-refractivity contribution in [2.24, 2.45) is 0 Å². The van der Waals surface area contributed by atoms with Gasteiger partial charge in [-0.05, 0) is 35.2 Å². The molecule has 1 amide bonds. The number of carbonyl (C=O) groups is 3. The highest BCUT2D eigenvalue weighted by molar-refractivity contribution is 5.81. The fraction of sp³-hybridized carbons (Fsp3) is 0.250. The van der Waals surface area contributed by atoms with Gasteiger partial charge in [0.1, 0.15) is 5.82 Å². The van der Waals surface area contributed by atoms with Crippen LogP contribution in [-0.4, -0.2) is 34.1 Å². The zero-order valence-corrected chi connectivity index (χ0v) is 14.5. The van der Waals surface area contributed by atoms with Crippen LogP contribution in [0.1, 0.15) is 24.8 Å². The van der Waals surface area contributed by atoms with Crippen molar-refractivity contribution in [3.63, 3.8) is 0 Å². The third-order valence-electron chi connectivity index (χ3n) is 3.97. The van der Waals surface area contributed by atoms with Crippen molar-refractivity contribution >= 4 is 17.8 Å². The molecular formula is C20H20FNO5. The summed E-state index contributed by atoms with van der Waals surface area (Å²) in [5.74, 6) is -2.95. The molecule has 0 aliphatic rings. The molecule has 0 fully saturated rings. The Bertz CT molecular complexity index is 802. The lowest BCUT2D eigenvalue weighted by Gasteiger charge is -2.17. The summed E-state index contributed by atoms with van der Waals surface area (Å²) in [6.45, 7) is 0. The second-order valence-corrected chi connectivity index (χ2v) is 6.16. The summed E-state index contributed by atoms with van der Waals surface area (Å²) in [5.41, 5.74) is 2.57. The van der Waals surface area contributed by atoms with Crippen LogP contribution in [0.2, 0.25) is 0 Å². The van der Waals surface area contributed by atoms with E-state index in [0.717, 1.165) is 16.7 Å². The molecule has 0 aromatic heterocycles. The van der Waals surface area contributed by atoms with Crippen LogP contribution in [0.3, 0.4) is 0 Å². The Morgan fingerprint density at radius 3 is 1.93 bits per heavy atom. The maximum absolute atomic E-state index is 13.0. The molecule has 0 heterocycles. The first-order valence-electron chi connectivity index (χ1n) is 8.41. The molecule has 0 aliphatic heterocycles. The molecular weight excluding hydrogens is 353 g/mol. The molecule has 0 aliphatic carbocycles. The van der Waals surface area contributed by atoms with Gasteiger partial charge in [0.2, 0.25) is 5.91 Å². The number of halogens is 1. The summed E-state index contributed by atoms with van der Waals surface area (Å²) >= 11 is 0. The van der Waals surface area contributed by atoms with Gasteiger partial charge >= 0.3 is 11.9 Å². The van der Waals surface area contributed by atoms with E-state index in [9.17, 15) is 18.8 Å². The van der Waals surface area contributed by atoms with Crippen molar-refractivity contribution in [3.8, 4) is 11.1 Å². The van der Waals surface area contributed by atoms with E-state index >= 15 is 0 Å². The fourth-order valence-corrected chi connectivity index (χ4v) is 2.67. The lowest BCUT2D eigenvalue weighted by Crippen LogP contribution is -2.38. The van der Waals surface area contributed by atoms with E-state index in [1.54, 1.807) is 12.1 Å². The molecule has 142 valence electrons. The Morgan fingerprint density at radius 2 is 1.41 bits per heavy atom. The Balaban J connectivity index is 2.03. The molecule has 1 atom stereocenters. The summed E-state index contributed by atoms with van der Waals surface area (Å²) in [5, 5.41) is 20.2. The van der Waals surface area contributed by atoms with Crippen molar-refractivity contribution in [1.29, 1.82) is 0 Å². The largest absolute Gasteiger partial charge is 0.481 e. The average Bonchev–Trinajstić information content (AvgIpc) is 2.61. The van der Waals surface area contributed by atoms with Gasteiger partial charge in [-0.15, -0.1) is 0 Å². The number of hydrogen-bond donors (Lipinski definition) is 3. The number of carbonyl (C=O) groups excluding carboxylic acids is 1. The van der Waals surface area contributed by atoms with Gasteiger partial charge in [0.25, 0.3) is 0 Å². The van der Waals surface area contributed by atoms with Crippen LogP contribution >= 0.6 is 0 Å². The van der Waals surface area contributed by atoms with Crippen LogP contribution in [0.4, 0.5) is 4.39 Å². The standard InChI is InChI=1S/C20H20FNO5/c21-16-7-5-15(6-8-16)14-3-1-13(2-4-14)11-17(12-20(26)27)22-18(23)9-10-19(24)25/h1-8,17H,9-12H2,(H,22,23)(H,24,25)(H,26,27). The third kappa shape index (κ3) is 6.89. The highest BCUT2D eigenvalue weighted by Crippen LogP contribution is 2.20. The minimum atomic E-state index is -1.09. The second kappa shape index (κ2) is 9.47. The number of amides is 1. The second-order valence-electron chi connectivity index (χ2n) is 6.16. The van der Waals surface area contributed by atoms with Gasteiger partial charge in [-0.3, -0.25) is 14.4 Å². The zero-order chi connectivity index (χ0) is 19.8. The predicted molar refractivity (Wildman–Crippen MR) is 96.6 cm³/mol. The molecule has 1 unspecified atom stereocenters. The van der Waals surface area contributed by atoms with Gasteiger partial charge in [0.05, 0.1) is 12.8 Å². The molecule has 2 rings (SSSR count). The normalized spacial score (nSPS) is 11.6. The Labute approximate surface area is 155 Å². The molecule has 27 heavy (non-hydrogen) atoms. The zero-order valence-electron chi connectivity index (χ0n) is 14.5. The third-order valence-corrected chi connectivity index (χ3v) is 3.97. The highest BCUT2D eigenvalue weighted by atomic mass is 19.1. The van der Waals surface area contributed by atoms with Gasteiger partial charge in [0.15, 0.2) is 0 Å². The lowest BCUT2D eigenvalue weighted by molar-refractivity contribution is -0.140. The number of aliphatic carboxylic acids is 2. The van der Waals surface area contributed by atoms with Crippen LogP contribution in [0.25, 0.3) is 11.1 Å². The van der Waals surface area contributed by atoms with Crippen molar-refractivity contribution in [3.05, 3.63) is 59.9 Å². The summed E-state index contributed by atoms with van der Waals surface area (Å²) in [6.07, 6.45) is -0.472. The maximum atomic E-state index is 13.0. The van der Waals surface area contributed by atoms with E-state index in [0.29, 0.717) is 6.42 Å². The van der Waals surface area contributed by atoms with E-state index in [-0.39, 0.29) is 25.1 Å². The Kier molecular flexibility index (Phi) is 7.05. The van der Waals surface area contributed by atoms with Crippen molar-refractivity contribution in [2.45, 2.75) is 31.7 Å². The first kappa shape index (κ1) is 20.1. The van der Waals surface area contributed by atoms with E-state index in [1.807, 2.05) is 24.3 Å². The minimum Gasteiger partial charge on any atom is -0.481 e. The number of benzene rings is 2. The molecule has 2 aromatic rings. The van der Waals surface area contributed by atoms with Crippen molar-refractivity contribution < 1.29 is 29.0 Å². The predicted octanol–water partition coefficient (Wildman–Crippen LogP) is 2.86. The van der Waals surface area contributed by atoms with E-state index in [4.69, 9.17) is 10.2 Å². The number of rotatable bonds is 9. The highest BCUT2D eigenvalue weighted by Gasteiger charge is 2.17. The van der Waals surface area contributed by atoms with Crippen LogP contribution in [0.15, 0.2) is 48.5 Å². The summed E-state index contributed by atoms with van der Waals surface area (Å²) in [4.78, 5) is 33.4. The van der Waals surface area contributed by atoms with Crippen LogP contribution in [0, 0.1) is 5.82 Å². The number of carboxylic acids is 2. The van der Waals surface area contributed by atoms with E-state index in [1.165, 1.54) is 12.1 Å². The number of carboxylic acid groups (broad SMARTS) is 2. The summed E-state index contributed by atoms with van der Waals surface area (Å²) in [7, 11) is 0. The molecule has 2 aromatic carbocycles. The van der Waals surface area contributed by atoms with Crippen LogP contribution in [-0.2, 0) is 20.8 Å². The van der Waals surface area contributed by atoms with Gasteiger partial charge in [0, 0.05) is 12.5 Å². The monoisotopic (exact) mass is 373 g/mol. The maximum Gasteiger partial charge on any atom is 0.305 e. The smallest absolute Gasteiger partial charge is 0.305 e. The first-order chi connectivity index (χ1) is 12.8. The molecule has 7 heteroatoms. The van der Waals surface area contributed by atoms with Crippen molar-refractivity contribution in [1.82, 2.24) is 5.32 Å². The molecule has 0 bridgehead atoms. The summed E-state index contributed by atoms with van der Waals surface area (Å²) in [6, 6.07) is 12.8. The number of hydrogen-bond acceptors (Lipinski definition) is 3. The molecule has 0 saturated heterocycles. The quantitative estimate of drug-likeness (QED) is 0.627. The topological polar surface area (TPSA) is 104 Å². The van der Waals surface area contributed by atoms with Gasteiger partial charge in [-0.2, -0.15) is 0 Å². The van der Waals surface area contributed by atoms with Crippen LogP contribution in [0.5, 0.6) is 0 Å². The molecule has 0 saturated carbocycles. The molecule has 3 N–H and O–H groups in total. The molecule has 0 spiro atoms. The minimum absolute atomic E-state index is 0.199. The fourth-order valence-electron chi connectivity index (χ4n) is 2.67. The van der Waals surface area contributed by atoms with E-state index < -0.39 is 23.9 Å². The number of nitrogens with one attached hydrogen (secondary N) is 1. The summed E-state index contributed by atoms with van der Waals surface area (Å²) < 4.78 is 13.0. The lowest BCUT2D eigenvalue weighted by atomic mass is 9.99. The Hall–Kier alpha value is -3.22. The van der Waals surface area contributed by atoms with E-state index in [2.05, 4.69) is 5.32 Å².